The number of anilines is 1. The number of thiazole rings is 1. The molecule has 2 amide bonds. The minimum atomic E-state index is -4.22. The highest BCUT2D eigenvalue weighted by Crippen LogP contribution is 2.38. The molecule has 0 fully saturated rings. The van der Waals surface area contributed by atoms with Gasteiger partial charge in [0.2, 0.25) is 5.91 Å². The van der Waals surface area contributed by atoms with Crippen LogP contribution in [-0.2, 0) is 43.5 Å². The molecule has 206 valence electrons. The van der Waals surface area contributed by atoms with Crippen LogP contribution in [0, 0.1) is 10.1 Å². The number of aromatic nitrogens is 1. The Morgan fingerprint density at radius 2 is 1.97 bits per heavy atom. The molecule has 4 rings (SSSR count). The fourth-order valence-corrected chi connectivity index (χ4v) is 7.68. The first-order valence-electron chi connectivity index (χ1n) is 11.7. The summed E-state index contributed by atoms with van der Waals surface area (Å²) in [5.74, 6) is -4.50. The molecule has 12 nitrogen and oxygen atoms in total. The topological polar surface area (TPSA) is 167 Å². The van der Waals surface area contributed by atoms with E-state index in [0.29, 0.717) is 16.6 Å². The average Bonchev–Trinajstić information content (AvgIpc) is 3.39. The van der Waals surface area contributed by atoms with Crippen molar-refractivity contribution in [1.29, 1.82) is 0 Å². The number of rotatable bonds is 9. The van der Waals surface area contributed by atoms with Gasteiger partial charge in [-0.15, -0.1) is 17.9 Å². The zero-order chi connectivity index (χ0) is 28.3. The van der Waals surface area contributed by atoms with Crippen molar-refractivity contribution in [2.24, 2.45) is 4.99 Å². The molecule has 0 bridgehead atoms. The van der Waals surface area contributed by atoms with Crippen molar-refractivity contribution >= 4 is 71.2 Å². The zero-order valence-electron chi connectivity index (χ0n) is 20.8. The molecule has 39 heavy (non-hydrogen) atoms. The summed E-state index contributed by atoms with van der Waals surface area (Å²) in [4.78, 5) is 53.2. The highest BCUT2D eigenvalue weighted by molar-refractivity contribution is 7.92. The van der Waals surface area contributed by atoms with Crippen molar-refractivity contribution in [3.8, 4) is 0 Å². The summed E-state index contributed by atoms with van der Waals surface area (Å²) < 4.78 is 32.3. The van der Waals surface area contributed by atoms with Crippen LogP contribution in [0.15, 0.2) is 35.8 Å². The Bertz CT molecular complexity index is 1680. The lowest BCUT2D eigenvalue weighted by Gasteiger charge is -2.11. The lowest BCUT2D eigenvalue weighted by atomic mass is 9.95. The van der Waals surface area contributed by atoms with Crippen LogP contribution >= 0.6 is 22.7 Å². The van der Waals surface area contributed by atoms with E-state index in [4.69, 9.17) is 4.74 Å². The lowest BCUT2D eigenvalue weighted by Crippen LogP contribution is -2.28. The molecule has 1 N–H and O–H groups in total. The third-order valence-electron chi connectivity index (χ3n) is 5.92. The first-order chi connectivity index (χ1) is 18.5. The Kier molecular flexibility index (Phi) is 8.42. The van der Waals surface area contributed by atoms with Gasteiger partial charge in [0.1, 0.15) is 16.5 Å². The molecule has 0 aliphatic heterocycles. The van der Waals surface area contributed by atoms with E-state index in [9.17, 15) is 32.9 Å². The Hall–Kier alpha value is -3.69. The number of non-ortho nitro benzene ring substituents is 1. The van der Waals surface area contributed by atoms with Crippen LogP contribution in [0.2, 0.25) is 0 Å². The number of hydrogen-bond donors (Lipinski definition) is 1. The van der Waals surface area contributed by atoms with Crippen LogP contribution < -0.4 is 10.1 Å². The van der Waals surface area contributed by atoms with Gasteiger partial charge in [-0.05, 0) is 37.3 Å². The van der Waals surface area contributed by atoms with E-state index in [2.05, 4.69) is 16.9 Å². The number of benzene rings is 1. The van der Waals surface area contributed by atoms with E-state index in [-0.39, 0.29) is 27.6 Å². The van der Waals surface area contributed by atoms with Crippen LogP contribution in [0.4, 0.5) is 10.7 Å². The standard InChI is InChI=1S/C24H24N4O8S3/c1-3-10-27-16-9-8-14(28(32)33)11-18(16)38-24(27)26-20(30)13-39(34,35)12-19(29)25-22-21(23(31)36-2)15-6-4-5-7-17(15)37-22/h3,8-9,11H,1,4-7,10,12-13H2,2H3,(H,25,29). The number of aryl methyl sites for hydroxylation is 1. The highest BCUT2D eigenvalue weighted by atomic mass is 32.2. The monoisotopic (exact) mass is 592 g/mol. The van der Waals surface area contributed by atoms with Crippen LogP contribution in [0.3, 0.4) is 0 Å². The molecule has 3 aromatic rings. The first-order valence-corrected chi connectivity index (χ1v) is 15.2. The van der Waals surface area contributed by atoms with Gasteiger partial charge in [0.05, 0.1) is 27.8 Å². The Balaban J connectivity index is 1.53. The number of methoxy groups -OCH3 is 1. The number of allylic oxidation sites excluding steroid dienone is 1. The van der Waals surface area contributed by atoms with E-state index in [0.717, 1.165) is 41.0 Å². The number of sulfone groups is 1. The molecule has 0 unspecified atom stereocenters. The number of nitrogens with zero attached hydrogens (tertiary/aromatic N) is 3. The molecule has 0 atom stereocenters. The summed E-state index contributed by atoms with van der Waals surface area (Å²) in [5, 5.41) is 13.8. The summed E-state index contributed by atoms with van der Waals surface area (Å²) in [6.45, 7) is 3.89. The first kappa shape index (κ1) is 28.3. The molecule has 15 heteroatoms. The van der Waals surface area contributed by atoms with Crippen molar-refractivity contribution in [2.45, 2.75) is 32.2 Å². The van der Waals surface area contributed by atoms with Crippen molar-refractivity contribution in [2.75, 3.05) is 23.9 Å². The minimum Gasteiger partial charge on any atom is -0.465 e. The van der Waals surface area contributed by atoms with Crippen LogP contribution in [-0.4, -0.2) is 54.3 Å². The predicted molar refractivity (Wildman–Crippen MR) is 147 cm³/mol. The third-order valence-corrected chi connectivity index (χ3v) is 9.55. The van der Waals surface area contributed by atoms with E-state index < -0.39 is 44.0 Å². The molecular weight excluding hydrogens is 568 g/mol. The Labute approximate surface area is 230 Å². The number of amides is 2. The second-order valence-electron chi connectivity index (χ2n) is 8.69. The summed E-state index contributed by atoms with van der Waals surface area (Å²) in [6.07, 6.45) is 4.81. The molecule has 1 aromatic carbocycles. The maximum atomic E-state index is 12.7. The van der Waals surface area contributed by atoms with Gasteiger partial charge in [-0.2, -0.15) is 4.99 Å². The van der Waals surface area contributed by atoms with Crippen LogP contribution in [0.1, 0.15) is 33.6 Å². The highest BCUT2D eigenvalue weighted by Gasteiger charge is 2.28. The molecule has 2 heterocycles. The quantitative estimate of drug-likeness (QED) is 0.171. The van der Waals surface area contributed by atoms with Gasteiger partial charge in [-0.25, -0.2) is 13.2 Å². The molecule has 0 saturated heterocycles. The van der Waals surface area contributed by atoms with E-state index >= 15 is 0 Å². The van der Waals surface area contributed by atoms with E-state index in [1.807, 2.05) is 0 Å². The lowest BCUT2D eigenvalue weighted by molar-refractivity contribution is -0.384. The number of ether oxygens (including phenoxy) is 1. The predicted octanol–water partition coefficient (Wildman–Crippen LogP) is 3.00. The SMILES string of the molecule is C=CCn1c(=NC(=O)CS(=O)(=O)CC(=O)Nc2sc3c(c2C(=O)OC)CCCC3)sc2cc([N+](=O)[O-])ccc21. The number of nitro groups is 1. The number of carbonyl (C=O) groups excluding carboxylic acids is 3. The normalized spacial score (nSPS) is 13.6. The van der Waals surface area contributed by atoms with Crippen molar-refractivity contribution in [1.82, 2.24) is 4.57 Å². The maximum absolute atomic E-state index is 12.7. The number of fused-ring (bicyclic) bond motifs is 2. The molecule has 0 radical (unpaired) electrons. The number of thiophene rings is 1. The van der Waals surface area contributed by atoms with Gasteiger partial charge < -0.3 is 14.6 Å². The molecule has 1 aliphatic rings. The largest absolute Gasteiger partial charge is 0.465 e. The summed E-state index contributed by atoms with van der Waals surface area (Å²) in [7, 11) is -2.98. The van der Waals surface area contributed by atoms with Gasteiger partial charge in [0, 0.05) is 23.6 Å². The minimum absolute atomic E-state index is 0.136. The number of nitrogens with one attached hydrogen (secondary N) is 1. The van der Waals surface area contributed by atoms with Crippen LogP contribution in [0.5, 0.6) is 0 Å². The fraction of sp³-hybridized carbons (Fsp3) is 0.333. The third kappa shape index (κ3) is 6.32. The van der Waals surface area contributed by atoms with Crippen molar-refractivity contribution < 1.29 is 32.5 Å². The maximum Gasteiger partial charge on any atom is 0.341 e. The van der Waals surface area contributed by atoms with Crippen molar-refractivity contribution in [3.63, 3.8) is 0 Å². The van der Waals surface area contributed by atoms with Gasteiger partial charge >= 0.3 is 5.97 Å². The fourth-order valence-electron chi connectivity index (χ4n) is 4.28. The number of carbonyl (C=O) groups is 3. The summed E-state index contributed by atoms with van der Waals surface area (Å²) >= 11 is 2.21. The van der Waals surface area contributed by atoms with Gasteiger partial charge in [0.15, 0.2) is 14.6 Å². The Morgan fingerprint density at radius 1 is 1.23 bits per heavy atom. The van der Waals surface area contributed by atoms with E-state index in [1.54, 1.807) is 10.6 Å². The van der Waals surface area contributed by atoms with Gasteiger partial charge in [-0.1, -0.05) is 17.4 Å². The zero-order valence-corrected chi connectivity index (χ0v) is 23.2. The van der Waals surface area contributed by atoms with E-state index in [1.165, 1.54) is 36.6 Å². The van der Waals surface area contributed by atoms with Crippen molar-refractivity contribution in [3.05, 3.63) is 61.8 Å². The molecule has 2 aromatic heterocycles. The molecular formula is C24H24N4O8S3. The Morgan fingerprint density at radius 3 is 2.67 bits per heavy atom. The summed E-state index contributed by atoms with van der Waals surface area (Å²) in [6, 6.07) is 4.18. The van der Waals surface area contributed by atoms with Gasteiger partial charge in [0.25, 0.3) is 11.6 Å². The van der Waals surface area contributed by atoms with Crippen LogP contribution in [0.25, 0.3) is 10.2 Å². The second kappa shape index (κ2) is 11.6. The smallest absolute Gasteiger partial charge is 0.341 e. The molecule has 0 spiro atoms. The average molecular weight is 593 g/mol. The number of hydrogen-bond acceptors (Lipinski definition) is 10. The second-order valence-corrected chi connectivity index (χ2v) is 12.9. The molecule has 1 aliphatic carbocycles. The van der Waals surface area contributed by atoms with Gasteiger partial charge in [-0.3, -0.25) is 19.7 Å². The number of esters is 1. The molecule has 0 saturated carbocycles. The number of nitro benzene ring substituents is 1. The summed E-state index contributed by atoms with van der Waals surface area (Å²) in [5.41, 5.74) is 1.49.